The van der Waals surface area contributed by atoms with Crippen LogP contribution in [0.1, 0.15) is 5.69 Å². The van der Waals surface area contributed by atoms with E-state index in [0.29, 0.717) is 22.2 Å². The van der Waals surface area contributed by atoms with Crippen molar-refractivity contribution in [1.29, 1.82) is 5.26 Å². The lowest BCUT2D eigenvalue weighted by Gasteiger charge is -2.05. The zero-order valence-corrected chi connectivity index (χ0v) is 15.8. The Balaban J connectivity index is 1.76. The summed E-state index contributed by atoms with van der Waals surface area (Å²) in [4.78, 5) is 16.8. The van der Waals surface area contributed by atoms with E-state index in [-0.39, 0.29) is 5.57 Å². The minimum atomic E-state index is -0.497. The van der Waals surface area contributed by atoms with Crippen LogP contribution in [0.3, 0.4) is 0 Å². The van der Waals surface area contributed by atoms with Crippen molar-refractivity contribution >= 4 is 40.6 Å². The number of carbonyl (C=O) groups is 1. The topological polar surface area (TPSA) is 75.0 Å². The van der Waals surface area contributed by atoms with Crippen molar-refractivity contribution in [2.24, 2.45) is 0 Å². The summed E-state index contributed by atoms with van der Waals surface area (Å²) >= 11 is 7.32. The molecule has 0 fully saturated rings. The van der Waals surface area contributed by atoms with Crippen LogP contribution in [-0.2, 0) is 4.79 Å². The van der Waals surface area contributed by atoms with Crippen LogP contribution in [0.2, 0.25) is 5.02 Å². The molecule has 1 heterocycles. The Kier molecular flexibility index (Phi) is 5.87. The average molecular weight is 396 g/mol. The number of anilines is 1. The number of thiazole rings is 1. The number of carbonyl (C=O) groups excluding carboxylic acids is 1. The summed E-state index contributed by atoms with van der Waals surface area (Å²) in [7, 11) is 1.57. The monoisotopic (exact) mass is 395 g/mol. The molecule has 0 radical (unpaired) electrons. The largest absolute Gasteiger partial charge is 0.497 e. The molecule has 3 aromatic rings. The first kappa shape index (κ1) is 18.6. The van der Waals surface area contributed by atoms with E-state index < -0.39 is 5.91 Å². The van der Waals surface area contributed by atoms with Crippen molar-refractivity contribution in [3.05, 3.63) is 70.2 Å². The Morgan fingerprint density at radius 3 is 2.56 bits per heavy atom. The zero-order valence-electron chi connectivity index (χ0n) is 14.3. The van der Waals surface area contributed by atoms with Crippen molar-refractivity contribution in [2.75, 3.05) is 12.4 Å². The van der Waals surface area contributed by atoms with E-state index in [4.69, 9.17) is 16.3 Å². The summed E-state index contributed by atoms with van der Waals surface area (Å²) in [6.45, 7) is 0. The molecule has 5 nitrogen and oxygen atoms in total. The molecule has 0 atom stereocenters. The number of methoxy groups -OCH3 is 1. The predicted molar refractivity (Wildman–Crippen MR) is 108 cm³/mol. The number of hydrogen-bond donors (Lipinski definition) is 1. The number of nitrogens with one attached hydrogen (secondary N) is 1. The molecule has 0 saturated carbocycles. The predicted octanol–water partition coefficient (Wildman–Crippen LogP) is 5.02. The first-order valence-electron chi connectivity index (χ1n) is 7.87. The summed E-state index contributed by atoms with van der Waals surface area (Å²) in [5, 5.41) is 15.2. The SMILES string of the molecule is COc1ccc(NC(=O)/C(C#N)=C/c2csc(-c3ccc(Cl)cc3)n2)cc1. The number of ether oxygens (including phenoxy) is 1. The van der Waals surface area contributed by atoms with E-state index in [2.05, 4.69) is 10.3 Å². The fourth-order valence-corrected chi connectivity index (χ4v) is 3.16. The lowest BCUT2D eigenvalue weighted by atomic mass is 10.2. The summed E-state index contributed by atoms with van der Waals surface area (Å²) in [5.74, 6) is 0.185. The van der Waals surface area contributed by atoms with Crippen molar-refractivity contribution < 1.29 is 9.53 Å². The van der Waals surface area contributed by atoms with Crippen LogP contribution >= 0.6 is 22.9 Å². The maximum atomic E-state index is 12.3. The van der Waals surface area contributed by atoms with E-state index >= 15 is 0 Å². The van der Waals surface area contributed by atoms with Gasteiger partial charge in [0.15, 0.2) is 0 Å². The molecule has 2 aromatic carbocycles. The Bertz CT molecular complexity index is 1020. The molecule has 27 heavy (non-hydrogen) atoms. The molecule has 0 aliphatic heterocycles. The smallest absolute Gasteiger partial charge is 0.266 e. The molecule has 0 spiro atoms. The second-order valence-corrected chi connectivity index (χ2v) is 6.73. The highest BCUT2D eigenvalue weighted by atomic mass is 35.5. The van der Waals surface area contributed by atoms with Crippen molar-refractivity contribution in [2.45, 2.75) is 0 Å². The molecular formula is C20H14ClN3O2S. The number of nitriles is 1. The van der Waals surface area contributed by atoms with Gasteiger partial charge in [-0.15, -0.1) is 11.3 Å². The second kappa shape index (κ2) is 8.49. The van der Waals surface area contributed by atoms with Crippen molar-refractivity contribution in [1.82, 2.24) is 4.98 Å². The van der Waals surface area contributed by atoms with Gasteiger partial charge in [-0.3, -0.25) is 4.79 Å². The fraction of sp³-hybridized carbons (Fsp3) is 0.0500. The van der Waals surface area contributed by atoms with Gasteiger partial charge in [-0.05, 0) is 42.5 Å². The van der Waals surface area contributed by atoms with Gasteiger partial charge in [0.25, 0.3) is 5.91 Å². The van der Waals surface area contributed by atoms with Gasteiger partial charge in [-0.1, -0.05) is 23.7 Å². The molecule has 0 aliphatic rings. The molecule has 1 aromatic heterocycles. The van der Waals surface area contributed by atoms with Gasteiger partial charge in [-0.25, -0.2) is 4.98 Å². The first-order valence-corrected chi connectivity index (χ1v) is 9.13. The minimum Gasteiger partial charge on any atom is -0.497 e. The third-order valence-electron chi connectivity index (χ3n) is 3.62. The molecule has 0 unspecified atom stereocenters. The molecule has 134 valence electrons. The Morgan fingerprint density at radius 2 is 1.93 bits per heavy atom. The standard InChI is InChI=1S/C20H14ClN3O2S/c1-26-18-8-6-16(7-9-18)23-19(25)14(11-22)10-17-12-27-20(24-17)13-2-4-15(21)5-3-13/h2-10,12H,1H3,(H,23,25)/b14-10+. The number of nitrogens with zero attached hydrogens (tertiary/aromatic N) is 2. The molecule has 3 rings (SSSR count). The maximum absolute atomic E-state index is 12.3. The molecule has 1 N–H and O–H groups in total. The Hall–Kier alpha value is -3.14. The minimum absolute atomic E-state index is 0.0289. The maximum Gasteiger partial charge on any atom is 0.266 e. The summed E-state index contributed by atoms with van der Waals surface area (Å²) in [5.41, 5.74) is 2.01. The van der Waals surface area contributed by atoms with Crippen LogP contribution < -0.4 is 10.1 Å². The van der Waals surface area contributed by atoms with Crippen LogP contribution in [0, 0.1) is 11.3 Å². The number of amides is 1. The quantitative estimate of drug-likeness (QED) is 0.486. The van der Waals surface area contributed by atoms with Crippen LogP contribution in [-0.4, -0.2) is 18.0 Å². The molecular weight excluding hydrogens is 382 g/mol. The molecule has 0 aliphatic carbocycles. The number of benzene rings is 2. The highest BCUT2D eigenvalue weighted by molar-refractivity contribution is 7.13. The van der Waals surface area contributed by atoms with Gasteiger partial charge in [0.2, 0.25) is 0 Å². The van der Waals surface area contributed by atoms with E-state index in [0.717, 1.165) is 10.6 Å². The van der Waals surface area contributed by atoms with Gasteiger partial charge in [0, 0.05) is 21.7 Å². The lowest BCUT2D eigenvalue weighted by molar-refractivity contribution is -0.112. The number of rotatable bonds is 5. The van der Waals surface area contributed by atoms with Crippen molar-refractivity contribution in [3.8, 4) is 22.4 Å². The normalized spacial score (nSPS) is 10.9. The van der Waals surface area contributed by atoms with Crippen molar-refractivity contribution in [3.63, 3.8) is 0 Å². The molecule has 7 heteroatoms. The lowest BCUT2D eigenvalue weighted by Crippen LogP contribution is -2.13. The fourth-order valence-electron chi connectivity index (χ4n) is 2.25. The average Bonchev–Trinajstić information content (AvgIpc) is 3.16. The zero-order chi connectivity index (χ0) is 19.2. The van der Waals surface area contributed by atoms with Crippen LogP contribution in [0.4, 0.5) is 5.69 Å². The summed E-state index contributed by atoms with van der Waals surface area (Å²) in [6, 6.07) is 16.1. The van der Waals surface area contributed by atoms with Crippen LogP contribution in [0.25, 0.3) is 16.6 Å². The molecule has 1 amide bonds. The van der Waals surface area contributed by atoms with Gasteiger partial charge in [0.1, 0.15) is 22.4 Å². The van der Waals surface area contributed by atoms with Gasteiger partial charge in [-0.2, -0.15) is 5.26 Å². The summed E-state index contributed by atoms with van der Waals surface area (Å²) in [6.07, 6.45) is 1.47. The number of hydrogen-bond acceptors (Lipinski definition) is 5. The highest BCUT2D eigenvalue weighted by Gasteiger charge is 2.11. The first-order chi connectivity index (χ1) is 13.1. The third kappa shape index (κ3) is 4.73. The van der Waals surface area contributed by atoms with Crippen LogP contribution in [0.5, 0.6) is 5.75 Å². The summed E-state index contributed by atoms with van der Waals surface area (Å²) < 4.78 is 5.08. The number of halogens is 1. The van der Waals surface area contributed by atoms with E-state index in [1.165, 1.54) is 17.4 Å². The van der Waals surface area contributed by atoms with E-state index in [1.54, 1.807) is 48.9 Å². The Labute approximate surface area is 165 Å². The van der Waals surface area contributed by atoms with Gasteiger partial charge >= 0.3 is 0 Å². The van der Waals surface area contributed by atoms with E-state index in [9.17, 15) is 10.1 Å². The molecule has 0 bridgehead atoms. The van der Waals surface area contributed by atoms with Gasteiger partial charge in [0.05, 0.1) is 12.8 Å². The van der Waals surface area contributed by atoms with Gasteiger partial charge < -0.3 is 10.1 Å². The Morgan fingerprint density at radius 1 is 1.22 bits per heavy atom. The molecule has 0 saturated heterocycles. The number of aromatic nitrogens is 1. The second-order valence-electron chi connectivity index (χ2n) is 5.44. The van der Waals surface area contributed by atoms with E-state index in [1.807, 2.05) is 18.2 Å². The third-order valence-corrected chi connectivity index (χ3v) is 4.78. The van der Waals surface area contributed by atoms with Crippen LogP contribution in [0.15, 0.2) is 59.5 Å². The highest BCUT2D eigenvalue weighted by Crippen LogP contribution is 2.26.